The molecular formula is C16H13N3O3S. The van der Waals surface area contributed by atoms with Crippen molar-refractivity contribution >= 4 is 23.3 Å². The van der Waals surface area contributed by atoms with Gasteiger partial charge in [0, 0.05) is 4.90 Å². The third-order valence-electron chi connectivity index (χ3n) is 3.16. The Morgan fingerprint density at radius 3 is 2.70 bits per heavy atom. The summed E-state index contributed by atoms with van der Waals surface area (Å²) in [7, 11) is 0. The molecule has 0 bridgehead atoms. The van der Waals surface area contributed by atoms with Crippen molar-refractivity contribution in [1.82, 2.24) is 15.2 Å². The third kappa shape index (κ3) is 3.57. The van der Waals surface area contributed by atoms with Crippen LogP contribution in [0, 0.1) is 6.92 Å². The second-order valence-corrected chi connectivity index (χ2v) is 6.00. The van der Waals surface area contributed by atoms with Crippen molar-refractivity contribution in [1.29, 1.82) is 0 Å². The Balaban J connectivity index is 1.72. The molecule has 0 radical (unpaired) electrons. The summed E-state index contributed by atoms with van der Waals surface area (Å²) in [5, 5.41) is 5.96. The van der Waals surface area contributed by atoms with E-state index in [4.69, 9.17) is 4.42 Å². The van der Waals surface area contributed by atoms with Crippen LogP contribution in [0.25, 0.3) is 0 Å². The van der Waals surface area contributed by atoms with Crippen LogP contribution in [0.2, 0.25) is 0 Å². The van der Waals surface area contributed by atoms with Gasteiger partial charge in [-0.2, -0.15) is 5.10 Å². The second kappa shape index (κ2) is 6.62. The molecule has 1 N–H and O–H groups in total. The van der Waals surface area contributed by atoms with Crippen LogP contribution in [0.4, 0.5) is 0 Å². The van der Waals surface area contributed by atoms with Gasteiger partial charge in [0.05, 0.1) is 17.6 Å². The number of aryl methyl sites for hydroxylation is 1. The topological polar surface area (TPSA) is 88.8 Å². The number of H-pyrrole nitrogens is 1. The number of aromatic amines is 1. The normalized spacial score (nSPS) is 10.7. The van der Waals surface area contributed by atoms with E-state index in [-0.39, 0.29) is 12.2 Å². The predicted octanol–water partition coefficient (Wildman–Crippen LogP) is 2.85. The molecule has 7 heteroatoms. The zero-order valence-corrected chi connectivity index (χ0v) is 13.1. The highest BCUT2D eigenvalue weighted by Crippen LogP contribution is 2.31. The van der Waals surface area contributed by atoms with Crippen molar-refractivity contribution in [3.8, 4) is 0 Å². The van der Waals surface area contributed by atoms with Gasteiger partial charge < -0.3 is 4.42 Å². The lowest BCUT2D eigenvalue weighted by atomic mass is 10.1. The molecule has 23 heavy (non-hydrogen) atoms. The van der Waals surface area contributed by atoms with E-state index in [0.29, 0.717) is 5.76 Å². The van der Waals surface area contributed by atoms with Gasteiger partial charge in [-0.15, -0.1) is 0 Å². The highest BCUT2D eigenvalue weighted by atomic mass is 32.2. The van der Waals surface area contributed by atoms with Crippen molar-refractivity contribution < 1.29 is 14.0 Å². The summed E-state index contributed by atoms with van der Waals surface area (Å²) >= 11 is 1.49. The lowest BCUT2D eigenvalue weighted by Gasteiger charge is -2.02. The summed E-state index contributed by atoms with van der Waals surface area (Å²) in [6.45, 7) is 2.02. The number of nitrogens with zero attached hydrogens (tertiary/aromatic N) is 2. The molecule has 0 spiro atoms. The van der Waals surface area contributed by atoms with Crippen molar-refractivity contribution in [2.24, 2.45) is 0 Å². The summed E-state index contributed by atoms with van der Waals surface area (Å²) in [5.41, 5.74) is 1.18. The Bertz CT molecular complexity index is 823. The first kappa shape index (κ1) is 15.2. The molecule has 0 atom stereocenters. The molecule has 0 fully saturated rings. The number of rotatable bonds is 6. The van der Waals surface area contributed by atoms with E-state index in [9.17, 15) is 9.59 Å². The summed E-state index contributed by atoms with van der Waals surface area (Å²) in [5.74, 6) is -0.893. The molecule has 2 heterocycles. The zero-order chi connectivity index (χ0) is 16.2. The molecule has 0 saturated carbocycles. The number of aromatic nitrogens is 3. The number of hydrogen-bond donors (Lipinski definition) is 1. The fraction of sp³-hybridized carbons (Fsp3) is 0.125. The fourth-order valence-electron chi connectivity index (χ4n) is 1.96. The standard InChI is InChI=1S/C16H13N3O3S/c1-10-2-4-11(5-3-10)23-14-6-7-22-13(14)8-12(20)15(21)16-17-9-18-19-16/h2-7,9H,8H2,1H3,(H,17,18,19). The Hall–Kier alpha value is -2.67. The molecule has 0 amide bonds. The lowest BCUT2D eigenvalue weighted by molar-refractivity contribution is -0.114. The summed E-state index contributed by atoms with van der Waals surface area (Å²) in [4.78, 5) is 29.5. The number of Topliss-reactive ketones (excluding diaryl/α,β-unsaturated/α-hetero) is 2. The lowest BCUT2D eigenvalue weighted by Crippen LogP contribution is -2.18. The minimum atomic E-state index is -0.704. The Morgan fingerprint density at radius 2 is 2.00 bits per heavy atom. The van der Waals surface area contributed by atoms with Crippen molar-refractivity contribution in [3.63, 3.8) is 0 Å². The molecule has 0 aliphatic rings. The van der Waals surface area contributed by atoms with Crippen molar-refractivity contribution in [2.75, 3.05) is 0 Å². The number of furan rings is 1. The molecule has 2 aromatic heterocycles. The first-order valence-electron chi connectivity index (χ1n) is 6.87. The van der Waals surface area contributed by atoms with E-state index in [2.05, 4.69) is 15.2 Å². The van der Waals surface area contributed by atoms with Gasteiger partial charge in [0.25, 0.3) is 5.78 Å². The van der Waals surface area contributed by atoms with E-state index < -0.39 is 11.6 Å². The van der Waals surface area contributed by atoms with E-state index >= 15 is 0 Å². The van der Waals surface area contributed by atoms with Gasteiger partial charge >= 0.3 is 0 Å². The first-order valence-corrected chi connectivity index (χ1v) is 7.69. The van der Waals surface area contributed by atoms with E-state index in [1.165, 1.54) is 29.9 Å². The molecule has 3 rings (SSSR count). The number of carbonyl (C=O) groups is 2. The molecule has 0 aliphatic carbocycles. The van der Waals surface area contributed by atoms with Gasteiger partial charge in [0.2, 0.25) is 5.78 Å². The number of nitrogens with one attached hydrogen (secondary N) is 1. The molecule has 0 unspecified atom stereocenters. The van der Waals surface area contributed by atoms with E-state index in [1.54, 1.807) is 6.07 Å². The predicted molar refractivity (Wildman–Crippen MR) is 83.4 cm³/mol. The molecule has 3 aromatic rings. The van der Waals surface area contributed by atoms with Crippen LogP contribution in [0.1, 0.15) is 21.9 Å². The minimum Gasteiger partial charge on any atom is -0.468 e. The summed E-state index contributed by atoms with van der Waals surface area (Å²) in [6.07, 6.45) is 2.59. The monoisotopic (exact) mass is 327 g/mol. The van der Waals surface area contributed by atoms with Gasteiger partial charge in [-0.05, 0) is 25.1 Å². The van der Waals surface area contributed by atoms with Gasteiger partial charge in [-0.3, -0.25) is 14.7 Å². The quantitative estimate of drug-likeness (QED) is 0.553. The van der Waals surface area contributed by atoms with Gasteiger partial charge in [0.15, 0.2) is 5.82 Å². The SMILES string of the molecule is Cc1ccc(Sc2ccoc2CC(=O)C(=O)c2ncn[nH]2)cc1. The van der Waals surface area contributed by atoms with E-state index in [1.807, 2.05) is 31.2 Å². The summed E-state index contributed by atoms with van der Waals surface area (Å²) in [6, 6.07) is 9.81. The Morgan fingerprint density at radius 1 is 1.22 bits per heavy atom. The molecule has 0 aliphatic heterocycles. The maximum absolute atomic E-state index is 12.1. The Labute approximate surface area is 136 Å². The molecule has 0 saturated heterocycles. The highest BCUT2D eigenvalue weighted by Gasteiger charge is 2.22. The van der Waals surface area contributed by atoms with Crippen LogP contribution >= 0.6 is 11.8 Å². The second-order valence-electron chi connectivity index (χ2n) is 4.89. The van der Waals surface area contributed by atoms with Gasteiger partial charge in [0.1, 0.15) is 12.1 Å². The first-order chi connectivity index (χ1) is 11.1. The highest BCUT2D eigenvalue weighted by molar-refractivity contribution is 7.99. The molecule has 6 nitrogen and oxygen atoms in total. The average Bonchev–Trinajstić information content (AvgIpc) is 3.21. The van der Waals surface area contributed by atoms with Crippen LogP contribution in [0.15, 0.2) is 57.1 Å². The maximum Gasteiger partial charge on any atom is 0.265 e. The Kier molecular flexibility index (Phi) is 4.38. The van der Waals surface area contributed by atoms with Crippen LogP contribution in [0.3, 0.4) is 0 Å². The van der Waals surface area contributed by atoms with Gasteiger partial charge in [-0.25, -0.2) is 4.98 Å². The minimum absolute atomic E-state index is 0.0608. The van der Waals surface area contributed by atoms with Crippen LogP contribution in [-0.4, -0.2) is 26.7 Å². The van der Waals surface area contributed by atoms with Crippen molar-refractivity contribution in [2.45, 2.75) is 23.1 Å². The number of carbonyl (C=O) groups excluding carboxylic acids is 2. The van der Waals surface area contributed by atoms with Crippen LogP contribution in [0.5, 0.6) is 0 Å². The number of hydrogen-bond acceptors (Lipinski definition) is 6. The van der Waals surface area contributed by atoms with Crippen LogP contribution < -0.4 is 0 Å². The fourth-order valence-corrected chi connectivity index (χ4v) is 2.84. The third-order valence-corrected chi connectivity index (χ3v) is 4.25. The number of benzene rings is 1. The molecule has 1 aromatic carbocycles. The average molecular weight is 327 g/mol. The largest absolute Gasteiger partial charge is 0.468 e. The van der Waals surface area contributed by atoms with Gasteiger partial charge in [-0.1, -0.05) is 29.5 Å². The number of ketones is 2. The maximum atomic E-state index is 12.1. The molecule has 116 valence electrons. The summed E-state index contributed by atoms with van der Waals surface area (Å²) < 4.78 is 5.36. The van der Waals surface area contributed by atoms with Crippen LogP contribution in [-0.2, 0) is 11.2 Å². The van der Waals surface area contributed by atoms with E-state index in [0.717, 1.165) is 9.79 Å². The van der Waals surface area contributed by atoms with Crippen molar-refractivity contribution in [3.05, 3.63) is 60.1 Å². The smallest absolute Gasteiger partial charge is 0.265 e. The molecular weight excluding hydrogens is 314 g/mol. The zero-order valence-electron chi connectivity index (χ0n) is 12.3.